The third-order valence-corrected chi connectivity index (χ3v) is 6.89. The second kappa shape index (κ2) is 12.4. The molecule has 31 heavy (non-hydrogen) atoms. The first-order valence-corrected chi connectivity index (χ1v) is 12.1. The average Bonchev–Trinajstić information content (AvgIpc) is 2.82. The van der Waals surface area contributed by atoms with E-state index in [1.807, 2.05) is 13.1 Å². The number of nitrogens with zero attached hydrogens (tertiary/aromatic N) is 3. The van der Waals surface area contributed by atoms with E-state index in [9.17, 15) is 0 Å². The molecule has 0 aliphatic carbocycles. The van der Waals surface area contributed by atoms with Crippen LogP contribution in [0.3, 0.4) is 0 Å². The van der Waals surface area contributed by atoms with Crippen LogP contribution < -0.4 is 10.6 Å². The lowest BCUT2D eigenvalue weighted by atomic mass is 9.84. The monoisotopic (exact) mass is 429 g/mol. The molecule has 6 heteroatoms. The lowest BCUT2D eigenvalue weighted by Gasteiger charge is -2.50. The van der Waals surface area contributed by atoms with Gasteiger partial charge in [0, 0.05) is 25.7 Å². The van der Waals surface area contributed by atoms with Crippen molar-refractivity contribution in [3.05, 3.63) is 35.9 Å². The van der Waals surface area contributed by atoms with Crippen LogP contribution in [0.25, 0.3) is 0 Å². The van der Waals surface area contributed by atoms with Crippen LogP contribution in [-0.4, -0.2) is 81.3 Å². The van der Waals surface area contributed by atoms with Gasteiger partial charge < -0.3 is 20.3 Å². The summed E-state index contributed by atoms with van der Waals surface area (Å²) in [6.45, 7) is 10.3. The summed E-state index contributed by atoms with van der Waals surface area (Å²) in [5.41, 5.74) is 1.48. The van der Waals surface area contributed by atoms with Crippen LogP contribution in [0.5, 0.6) is 0 Å². The Balaban J connectivity index is 1.43. The summed E-state index contributed by atoms with van der Waals surface area (Å²) in [7, 11) is 4.11. The number of nitrogens with one attached hydrogen (secondary N) is 2. The predicted molar refractivity (Wildman–Crippen MR) is 130 cm³/mol. The summed E-state index contributed by atoms with van der Waals surface area (Å²) < 4.78 is 5.90. The molecule has 1 atom stereocenters. The van der Waals surface area contributed by atoms with Gasteiger partial charge >= 0.3 is 0 Å². The van der Waals surface area contributed by atoms with Gasteiger partial charge in [0.05, 0.1) is 13.2 Å². The van der Waals surface area contributed by atoms with E-state index in [1.54, 1.807) is 0 Å². The molecule has 0 radical (unpaired) electrons. The number of hydrogen-bond acceptors (Lipinski definition) is 4. The van der Waals surface area contributed by atoms with Crippen molar-refractivity contribution < 1.29 is 4.74 Å². The van der Waals surface area contributed by atoms with Crippen molar-refractivity contribution in [1.29, 1.82) is 0 Å². The van der Waals surface area contributed by atoms with Crippen LogP contribution >= 0.6 is 0 Å². The minimum Gasteiger partial charge on any atom is -0.376 e. The molecular formula is C25H43N5O. The molecular weight excluding hydrogens is 386 g/mol. The van der Waals surface area contributed by atoms with E-state index in [1.165, 1.54) is 63.8 Å². The van der Waals surface area contributed by atoms with Gasteiger partial charge in [0.15, 0.2) is 5.96 Å². The molecule has 0 bridgehead atoms. The number of aliphatic imine (C=N–C) groups is 1. The van der Waals surface area contributed by atoms with Crippen molar-refractivity contribution in [1.82, 2.24) is 20.4 Å². The number of hydrogen-bond donors (Lipinski definition) is 2. The fourth-order valence-corrected chi connectivity index (χ4v) is 4.76. The first-order chi connectivity index (χ1) is 15.1. The zero-order chi connectivity index (χ0) is 21.9. The molecule has 2 N–H and O–H groups in total. The van der Waals surface area contributed by atoms with Crippen molar-refractivity contribution in [3.8, 4) is 0 Å². The van der Waals surface area contributed by atoms with Gasteiger partial charge in [0.25, 0.3) is 0 Å². The highest BCUT2D eigenvalue weighted by atomic mass is 16.5. The van der Waals surface area contributed by atoms with Gasteiger partial charge in [-0.2, -0.15) is 0 Å². The minimum atomic E-state index is 0.259. The molecule has 2 aliphatic rings. The molecule has 1 aromatic carbocycles. The molecule has 0 spiro atoms. The summed E-state index contributed by atoms with van der Waals surface area (Å²) in [6.07, 6.45) is 6.53. The second-order valence-corrected chi connectivity index (χ2v) is 9.49. The van der Waals surface area contributed by atoms with Crippen LogP contribution in [0.1, 0.15) is 44.6 Å². The SMILES string of the molecule is CN=C(NCC(C)COCc1ccccc1)NCC1(N2CCCCC2)CCN(C)CC1. The first kappa shape index (κ1) is 24.0. The van der Waals surface area contributed by atoms with Gasteiger partial charge in [-0.3, -0.25) is 9.89 Å². The summed E-state index contributed by atoms with van der Waals surface area (Å²) >= 11 is 0. The fraction of sp³-hybridized carbons (Fsp3) is 0.720. The molecule has 2 aliphatic heterocycles. The van der Waals surface area contributed by atoms with Crippen molar-refractivity contribution in [2.45, 2.75) is 51.2 Å². The number of guanidine groups is 1. The normalized spacial score (nSPS) is 21.6. The molecule has 0 saturated carbocycles. The minimum absolute atomic E-state index is 0.259. The average molecular weight is 430 g/mol. The predicted octanol–water partition coefficient (Wildman–Crippen LogP) is 2.95. The molecule has 0 amide bonds. The molecule has 174 valence electrons. The second-order valence-electron chi connectivity index (χ2n) is 9.49. The Hall–Kier alpha value is -1.63. The van der Waals surface area contributed by atoms with Gasteiger partial charge in [-0.1, -0.05) is 43.7 Å². The van der Waals surface area contributed by atoms with Crippen LogP contribution in [-0.2, 0) is 11.3 Å². The number of likely N-dealkylation sites (tertiary alicyclic amines) is 2. The molecule has 3 rings (SSSR count). The highest BCUT2D eigenvalue weighted by molar-refractivity contribution is 5.79. The van der Waals surface area contributed by atoms with E-state index < -0.39 is 0 Å². The summed E-state index contributed by atoms with van der Waals surface area (Å²) in [5.74, 6) is 1.33. The van der Waals surface area contributed by atoms with E-state index in [-0.39, 0.29) is 5.54 Å². The molecule has 2 fully saturated rings. The number of rotatable bonds is 9. The van der Waals surface area contributed by atoms with E-state index in [0.29, 0.717) is 12.5 Å². The molecule has 1 unspecified atom stereocenters. The molecule has 2 saturated heterocycles. The Labute approximate surface area is 189 Å². The zero-order valence-corrected chi connectivity index (χ0v) is 19.9. The molecule has 2 heterocycles. The van der Waals surface area contributed by atoms with E-state index in [0.717, 1.165) is 25.7 Å². The molecule has 1 aromatic rings. The topological polar surface area (TPSA) is 52.1 Å². The Kier molecular flexibility index (Phi) is 9.62. The largest absolute Gasteiger partial charge is 0.376 e. The summed E-state index contributed by atoms with van der Waals surface area (Å²) in [5, 5.41) is 7.18. The van der Waals surface area contributed by atoms with E-state index in [2.05, 4.69) is 63.7 Å². The molecule has 0 aromatic heterocycles. The van der Waals surface area contributed by atoms with E-state index in [4.69, 9.17) is 4.74 Å². The van der Waals surface area contributed by atoms with Gasteiger partial charge in [-0.05, 0) is 70.4 Å². The maximum absolute atomic E-state index is 5.90. The van der Waals surface area contributed by atoms with Gasteiger partial charge in [-0.25, -0.2) is 0 Å². The van der Waals surface area contributed by atoms with Crippen LogP contribution in [0.2, 0.25) is 0 Å². The lowest BCUT2D eigenvalue weighted by Crippen LogP contribution is -2.62. The maximum Gasteiger partial charge on any atom is 0.191 e. The number of ether oxygens (including phenoxy) is 1. The lowest BCUT2D eigenvalue weighted by molar-refractivity contribution is 0.0173. The van der Waals surface area contributed by atoms with Crippen molar-refractivity contribution in [2.75, 3.05) is 60.0 Å². The van der Waals surface area contributed by atoms with Crippen molar-refractivity contribution in [2.24, 2.45) is 10.9 Å². The number of benzene rings is 1. The Bertz CT molecular complexity index is 651. The number of piperidine rings is 2. The van der Waals surface area contributed by atoms with E-state index >= 15 is 0 Å². The van der Waals surface area contributed by atoms with Gasteiger partial charge in [0.2, 0.25) is 0 Å². The highest BCUT2D eigenvalue weighted by Crippen LogP contribution is 2.30. The third-order valence-electron chi connectivity index (χ3n) is 6.89. The van der Waals surface area contributed by atoms with Crippen molar-refractivity contribution >= 4 is 5.96 Å². The van der Waals surface area contributed by atoms with Gasteiger partial charge in [-0.15, -0.1) is 0 Å². The third kappa shape index (κ3) is 7.48. The smallest absolute Gasteiger partial charge is 0.191 e. The van der Waals surface area contributed by atoms with Crippen LogP contribution in [0.4, 0.5) is 0 Å². The first-order valence-electron chi connectivity index (χ1n) is 12.1. The summed E-state index contributed by atoms with van der Waals surface area (Å²) in [4.78, 5) is 9.72. The van der Waals surface area contributed by atoms with Crippen molar-refractivity contribution in [3.63, 3.8) is 0 Å². The zero-order valence-electron chi connectivity index (χ0n) is 19.9. The van der Waals surface area contributed by atoms with Gasteiger partial charge in [0.1, 0.15) is 0 Å². The summed E-state index contributed by atoms with van der Waals surface area (Å²) in [6, 6.07) is 10.4. The standard InChI is InChI=1S/C25H43N5O/c1-22(19-31-20-23-10-6-4-7-11-23)18-27-24(26-2)28-21-25(12-16-29(3)17-13-25)30-14-8-5-9-15-30/h4,6-7,10-11,22H,5,8-9,12-21H2,1-3H3,(H2,26,27,28). The quantitative estimate of drug-likeness (QED) is 0.467. The Morgan fingerprint density at radius 2 is 1.77 bits per heavy atom. The Morgan fingerprint density at radius 1 is 1.06 bits per heavy atom. The maximum atomic E-state index is 5.90. The van der Waals surface area contributed by atoms with Crippen LogP contribution in [0.15, 0.2) is 35.3 Å². The highest BCUT2D eigenvalue weighted by Gasteiger charge is 2.39. The Morgan fingerprint density at radius 3 is 2.45 bits per heavy atom. The van der Waals surface area contributed by atoms with Crippen LogP contribution in [0, 0.1) is 5.92 Å². The fourth-order valence-electron chi connectivity index (χ4n) is 4.76. The molecule has 6 nitrogen and oxygen atoms in total.